The molecule has 1 atom stereocenters. The molecule has 2 aliphatic heterocycles. The Bertz CT molecular complexity index is 557. The highest BCUT2D eigenvalue weighted by Crippen LogP contribution is 2.24. The molecule has 2 fully saturated rings. The highest BCUT2D eigenvalue weighted by atomic mass is 16.5. The quantitative estimate of drug-likeness (QED) is 0.784. The molecule has 2 heterocycles. The van der Waals surface area contributed by atoms with Crippen LogP contribution in [0.25, 0.3) is 0 Å². The lowest BCUT2D eigenvalue weighted by molar-refractivity contribution is -0.134. The van der Waals surface area contributed by atoms with E-state index in [1.54, 1.807) is 14.2 Å². The molecular weight excluding hydrogens is 320 g/mol. The van der Waals surface area contributed by atoms with E-state index in [1.807, 2.05) is 23.1 Å². The molecule has 25 heavy (non-hydrogen) atoms. The fourth-order valence-electron chi connectivity index (χ4n) is 3.49. The molecule has 6 nitrogen and oxygen atoms in total. The smallest absolute Gasteiger partial charge is 0.223 e. The van der Waals surface area contributed by atoms with Crippen LogP contribution in [0.2, 0.25) is 0 Å². The number of ether oxygens (including phenoxy) is 3. The van der Waals surface area contributed by atoms with E-state index in [-0.39, 0.29) is 5.91 Å². The second-order valence-corrected chi connectivity index (χ2v) is 6.81. The van der Waals surface area contributed by atoms with Gasteiger partial charge in [0.2, 0.25) is 5.91 Å². The fraction of sp³-hybridized carbons (Fsp3) is 0.632. The normalized spacial score (nSPS) is 21.4. The van der Waals surface area contributed by atoms with E-state index in [0.717, 1.165) is 63.9 Å². The van der Waals surface area contributed by atoms with E-state index < -0.39 is 0 Å². The minimum Gasteiger partial charge on any atom is -0.497 e. The van der Waals surface area contributed by atoms with E-state index in [1.165, 1.54) is 5.56 Å². The highest BCUT2D eigenvalue weighted by Gasteiger charge is 2.25. The molecule has 0 aromatic heterocycles. The Morgan fingerprint density at radius 3 is 2.36 bits per heavy atom. The molecule has 3 rings (SSSR count). The number of hydrogen-bond acceptors (Lipinski definition) is 5. The predicted molar refractivity (Wildman–Crippen MR) is 94.9 cm³/mol. The summed E-state index contributed by atoms with van der Waals surface area (Å²) in [5.41, 5.74) is 1.17. The number of hydrogen-bond donors (Lipinski definition) is 0. The third kappa shape index (κ3) is 4.86. The van der Waals surface area contributed by atoms with Crippen molar-refractivity contribution >= 4 is 5.91 Å². The number of carbonyl (C=O) groups excluding carboxylic acids is 1. The number of piperazine rings is 1. The van der Waals surface area contributed by atoms with E-state index in [9.17, 15) is 4.79 Å². The monoisotopic (exact) mass is 348 g/mol. The lowest BCUT2D eigenvalue weighted by Crippen LogP contribution is -2.48. The summed E-state index contributed by atoms with van der Waals surface area (Å²) >= 11 is 0. The zero-order chi connectivity index (χ0) is 17.6. The molecule has 0 aliphatic carbocycles. The summed E-state index contributed by atoms with van der Waals surface area (Å²) in [6.45, 7) is 5.77. The Balaban J connectivity index is 1.49. The van der Waals surface area contributed by atoms with Gasteiger partial charge in [0.05, 0.1) is 14.2 Å². The fourth-order valence-corrected chi connectivity index (χ4v) is 3.49. The van der Waals surface area contributed by atoms with E-state index in [4.69, 9.17) is 14.2 Å². The molecule has 0 saturated carbocycles. The van der Waals surface area contributed by atoms with Crippen LogP contribution in [0.4, 0.5) is 0 Å². The van der Waals surface area contributed by atoms with Crippen LogP contribution >= 0.6 is 0 Å². The van der Waals surface area contributed by atoms with E-state index in [0.29, 0.717) is 12.3 Å². The van der Waals surface area contributed by atoms with Crippen molar-refractivity contribution in [2.24, 2.45) is 5.92 Å². The molecule has 1 aromatic rings. The average molecular weight is 348 g/mol. The minimum absolute atomic E-state index is 0.276. The van der Waals surface area contributed by atoms with Crippen molar-refractivity contribution in [3.05, 3.63) is 23.8 Å². The van der Waals surface area contributed by atoms with E-state index in [2.05, 4.69) is 4.90 Å². The summed E-state index contributed by atoms with van der Waals surface area (Å²) in [4.78, 5) is 16.8. The van der Waals surface area contributed by atoms with Gasteiger partial charge in [-0.05, 0) is 30.0 Å². The van der Waals surface area contributed by atoms with Crippen molar-refractivity contribution in [2.45, 2.75) is 19.4 Å². The van der Waals surface area contributed by atoms with Gasteiger partial charge < -0.3 is 19.1 Å². The highest BCUT2D eigenvalue weighted by molar-refractivity contribution is 5.76. The standard InChI is InChI=1S/C19H28N2O4/c1-23-17-9-16(10-18(12-17)24-2)13-20-4-6-21(7-5-20)19(22)11-15-3-8-25-14-15/h9-10,12,15H,3-8,11,13-14H2,1-2H3. The van der Waals surface area contributed by atoms with Gasteiger partial charge >= 0.3 is 0 Å². The molecule has 0 radical (unpaired) electrons. The Morgan fingerprint density at radius 1 is 1.12 bits per heavy atom. The van der Waals surface area contributed by atoms with Crippen LogP contribution in [0.1, 0.15) is 18.4 Å². The maximum atomic E-state index is 12.4. The molecular formula is C19H28N2O4. The molecule has 138 valence electrons. The molecule has 1 amide bonds. The molecule has 1 aromatic carbocycles. The molecule has 2 aliphatic rings. The van der Waals surface area contributed by atoms with Crippen LogP contribution in [0.3, 0.4) is 0 Å². The van der Waals surface area contributed by atoms with Gasteiger partial charge in [-0.15, -0.1) is 0 Å². The van der Waals surface area contributed by atoms with Crippen molar-refractivity contribution in [3.63, 3.8) is 0 Å². The maximum absolute atomic E-state index is 12.4. The van der Waals surface area contributed by atoms with Crippen molar-refractivity contribution < 1.29 is 19.0 Å². The number of rotatable bonds is 6. The molecule has 0 bridgehead atoms. The molecule has 1 unspecified atom stereocenters. The molecule has 2 saturated heterocycles. The van der Waals surface area contributed by atoms with Crippen molar-refractivity contribution in [2.75, 3.05) is 53.6 Å². The number of benzene rings is 1. The Kier molecular flexibility index (Phi) is 6.15. The van der Waals surface area contributed by atoms with E-state index >= 15 is 0 Å². The van der Waals surface area contributed by atoms with Crippen molar-refractivity contribution in [3.8, 4) is 11.5 Å². The van der Waals surface area contributed by atoms with Crippen molar-refractivity contribution in [1.29, 1.82) is 0 Å². The third-order valence-corrected chi connectivity index (χ3v) is 5.03. The lowest BCUT2D eigenvalue weighted by atomic mass is 10.0. The topological polar surface area (TPSA) is 51.2 Å². The van der Waals surface area contributed by atoms with Crippen LogP contribution in [0, 0.1) is 5.92 Å². The third-order valence-electron chi connectivity index (χ3n) is 5.03. The average Bonchev–Trinajstić information content (AvgIpc) is 3.15. The summed E-state index contributed by atoms with van der Waals surface area (Å²) < 4.78 is 16.0. The Morgan fingerprint density at radius 2 is 1.80 bits per heavy atom. The summed E-state index contributed by atoms with van der Waals surface area (Å²) in [6, 6.07) is 5.97. The minimum atomic E-state index is 0.276. The maximum Gasteiger partial charge on any atom is 0.223 e. The number of amides is 1. The zero-order valence-corrected chi connectivity index (χ0v) is 15.2. The second kappa shape index (κ2) is 8.54. The summed E-state index contributed by atoms with van der Waals surface area (Å²) in [5.74, 6) is 2.30. The van der Waals surface area contributed by atoms with Gasteiger partial charge in [-0.2, -0.15) is 0 Å². The van der Waals surface area contributed by atoms with Crippen LogP contribution in [0.5, 0.6) is 11.5 Å². The zero-order valence-electron chi connectivity index (χ0n) is 15.2. The Hall–Kier alpha value is -1.79. The van der Waals surface area contributed by atoms with Crippen LogP contribution in [-0.4, -0.2) is 69.3 Å². The largest absolute Gasteiger partial charge is 0.497 e. The van der Waals surface area contributed by atoms with Gasteiger partial charge in [0.15, 0.2) is 0 Å². The van der Waals surface area contributed by atoms with Crippen molar-refractivity contribution in [1.82, 2.24) is 9.80 Å². The number of methoxy groups -OCH3 is 2. The summed E-state index contributed by atoms with van der Waals surface area (Å²) in [7, 11) is 3.33. The van der Waals surface area contributed by atoms with Gasteiger partial charge in [0.25, 0.3) is 0 Å². The Labute approximate surface area is 149 Å². The number of nitrogens with zero attached hydrogens (tertiary/aromatic N) is 2. The first-order chi connectivity index (χ1) is 12.2. The first-order valence-corrected chi connectivity index (χ1v) is 8.97. The second-order valence-electron chi connectivity index (χ2n) is 6.81. The molecule has 0 spiro atoms. The predicted octanol–water partition coefficient (Wildman–Crippen LogP) is 1.77. The van der Waals surface area contributed by atoms with Gasteiger partial charge in [-0.3, -0.25) is 9.69 Å². The first kappa shape index (κ1) is 18.0. The van der Waals surface area contributed by atoms with Gasteiger partial charge in [0.1, 0.15) is 11.5 Å². The summed E-state index contributed by atoms with van der Waals surface area (Å²) in [6.07, 6.45) is 1.65. The van der Waals surface area contributed by atoms with Gasteiger partial charge in [-0.25, -0.2) is 0 Å². The van der Waals surface area contributed by atoms with Crippen LogP contribution in [0.15, 0.2) is 18.2 Å². The molecule has 6 heteroatoms. The lowest BCUT2D eigenvalue weighted by Gasteiger charge is -2.35. The SMILES string of the molecule is COc1cc(CN2CCN(C(=O)CC3CCOC3)CC2)cc(OC)c1. The van der Waals surface area contributed by atoms with Gasteiger partial charge in [-0.1, -0.05) is 0 Å². The summed E-state index contributed by atoms with van der Waals surface area (Å²) in [5, 5.41) is 0. The number of carbonyl (C=O) groups is 1. The van der Waals surface area contributed by atoms with Gasteiger partial charge in [0, 0.05) is 58.4 Å². The van der Waals surface area contributed by atoms with Crippen LogP contribution in [-0.2, 0) is 16.1 Å². The molecule has 0 N–H and O–H groups in total. The first-order valence-electron chi connectivity index (χ1n) is 8.97. The van der Waals surface area contributed by atoms with Crippen LogP contribution < -0.4 is 9.47 Å².